The number of benzene rings is 2. The van der Waals surface area contributed by atoms with Gasteiger partial charge in [-0.3, -0.25) is 14.9 Å². The summed E-state index contributed by atoms with van der Waals surface area (Å²) in [5.74, 6) is -0.517. The van der Waals surface area contributed by atoms with Crippen molar-refractivity contribution in [3.63, 3.8) is 0 Å². The zero-order valence-electron chi connectivity index (χ0n) is 11.1. The Hall–Kier alpha value is -2.86. The normalized spacial score (nSPS) is 10.6. The average Bonchev–Trinajstić information content (AvgIpc) is 2.90. The van der Waals surface area contributed by atoms with Gasteiger partial charge in [-0.25, -0.2) is 0 Å². The Morgan fingerprint density at radius 3 is 2.73 bits per heavy atom. The summed E-state index contributed by atoms with van der Waals surface area (Å²) < 4.78 is 5.42. The largest absolute Gasteiger partial charge is 0.451 e. The first-order valence-corrected chi connectivity index (χ1v) is 6.66. The van der Waals surface area contributed by atoms with Crippen LogP contribution in [0.2, 0.25) is 5.02 Å². The van der Waals surface area contributed by atoms with Crippen LogP contribution in [0.25, 0.3) is 11.0 Å². The fourth-order valence-corrected chi connectivity index (χ4v) is 2.23. The Bertz CT molecular complexity index is 888. The van der Waals surface area contributed by atoms with Crippen LogP contribution >= 0.6 is 11.6 Å². The van der Waals surface area contributed by atoms with Crippen molar-refractivity contribution in [1.82, 2.24) is 0 Å². The third-order valence-electron chi connectivity index (χ3n) is 3.05. The highest BCUT2D eigenvalue weighted by atomic mass is 35.5. The SMILES string of the molecule is O=C(Nc1ccccc1[N+](=O)[O-])c1cc2cc(Cl)ccc2o1. The van der Waals surface area contributed by atoms with E-state index in [1.807, 2.05) is 0 Å². The smallest absolute Gasteiger partial charge is 0.292 e. The maximum absolute atomic E-state index is 12.2. The summed E-state index contributed by atoms with van der Waals surface area (Å²) in [7, 11) is 0. The summed E-state index contributed by atoms with van der Waals surface area (Å²) in [6.07, 6.45) is 0. The number of carbonyl (C=O) groups is 1. The molecule has 1 amide bonds. The molecule has 6 nitrogen and oxygen atoms in total. The lowest BCUT2D eigenvalue weighted by Crippen LogP contribution is -2.12. The van der Waals surface area contributed by atoms with Crippen LogP contribution in [0.3, 0.4) is 0 Å². The fraction of sp³-hybridized carbons (Fsp3) is 0. The van der Waals surface area contributed by atoms with Gasteiger partial charge >= 0.3 is 0 Å². The first kappa shape index (κ1) is 14.1. The highest BCUT2D eigenvalue weighted by molar-refractivity contribution is 6.31. The molecule has 22 heavy (non-hydrogen) atoms. The molecule has 0 fully saturated rings. The van der Waals surface area contributed by atoms with Crippen LogP contribution in [-0.4, -0.2) is 10.8 Å². The maximum atomic E-state index is 12.2. The molecule has 1 heterocycles. The summed E-state index contributed by atoms with van der Waals surface area (Å²) in [5.41, 5.74) is 0.433. The second-order valence-electron chi connectivity index (χ2n) is 4.52. The molecule has 1 aromatic heterocycles. The number of hydrogen-bond donors (Lipinski definition) is 1. The average molecular weight is 317 g/mol. The van der Waals surface area contributed by atoms with Crippen LogP contribution in [-0.2, 0) is 0 Å². The molecule has 0 unspecified atom stereocenters. The van der Waals surface area contributed by atoms with Gasteiger partial charge in [-0.1, -0.05) is 23.7 Å². The number of nitro benzene ring substituents is 1. The summed E-state index contributed by atoms with van der Waals surface area (Å²) in [6, 6.07) is 12.4. The number of nitrogens with one attached hydrogen (secondary N) is 1. The van der Waals surface area contributed by atoms with Crippen molar-refractivity contribution in [1.29, 1.82) is 0 Å². The Balaban J connectivity index is 1.92. The number of amides is 1. The first-order chi connectivity index (χ1) is 10.5. The number of nitrogens with zero attached hydrogens (tertiary/aromatic N) is 1. The summed E-state index contributed by atoms with van der Waals surface area (Å²) in [5, 5.41) is 14.6. The van der Waals surface area contributed by atoms with Gasteiger partial charge in [-0.05, 0) is 30.3 Å². The van der Waals surface area contributed by atoms with Gasteiger partial charge in [0.15, 0.2) is 5.76 Å². The van der Waals surface area contributed by atoms with Crippen LogP contribution < -0.4 is 5.32 Å². The van der Waals surface area contributed by atoms with E-state index < -0.39 is 10.8 Å². The van der Waals surface area contributed by atoms with Crippen molar-refractivity contribution >= 4 is 39.9 Å². The number of carbonyl (C=O) groups excluding carboxylic acids is 1. The van der Waals surface area contributed by atoms with Gasteiger partial charge in [0.25, 0.3) is 11.6 Å². The zero-order chi connectivity index (χ0) is 15.7. The highest BCUT2D eigenvalue weighted by Crippen LogP contribution is 2.26. The van der Waals surface area contributed by atoms with Crippen LogP contribution in [0, 0.1) is 10.1 Å². The quantitative estimate of drug-likeness (QED) is 0.578. The number of rotatable bonds is 3. The molecule has 0 bridgehead atoms. The number of halogens is 1. The second-order valence-corrected chi connectivity index (χ2v) is 4.96. The lowest BCUT2D eigenvalue weighted by molar-refractivity contribution is -0.383. The van der Waals surface area contributed by atoms with Gasteiger partial charge in [-0.2, -0.15) is 0 Å². The minimum absolute atomic E-state index is 0.0513. The molecule has 0 saturated heterocycles. The van der Waals surface area contributed by atoms with Crippen molar-refractivity contribution in [2.45, 2.75) is 0 Å². The molecule has 0 aliphatic heterocycles. The second kappa shape index (κ2) is 5.50. The molecule has 2 aromatic carbocycles. The third-order valence-corrected chi connectivity index (χ3v) is 3.29. The lowest BCUT2D eigenvalue weighted by atomic mass is 10.2. The van der Waals surface area contributed by atoms with Gasteiger partial charge < -0.3 is 9.73 Å². The minimum atomic E-state index is -0.568. The predicted molar refractivity (Wildman–Crippen MR) is 82.3 cm³/mol. The van der Waals surface area contributed by atoms with Crippen LogP contribution in [0.4, 0.5) is 11.4 Å². The molecule has 0 aliphatic rings. The lowest BCUT2D eigenvalue weighted by Gasteiger charge is -2.03. The summed E-state index contributed by atoms with van der Waals surface area (Å²) in [6.45, 7) is 0. The van der Waals surface area contributed by atoms with Crippen LogP contribution in [0.1, 0.15) is 10.6 Å². The third kappa shape index (κ3) is 2.64. The van der Waals surface area contributed by atoms with E-state index >= 15 is 0 Å². The molecule has 3 aromatic rings. The number of nitro groups is 1. The van der Waals surface area contributed by atoms with Crippen molar-refractivity contribution in [3.8, 4) is 0 Å². The first-order valence-electron chi connectivity index (χ1n) is 6.28. The van der Waals surface area contributed by atoms with Crippen molar-refractivity contribution in [3.05, 3.63) is 69.4 Å². The molecule has 3 rings (SSSR count). The van der Waals surface area contributed by atoms with Gasteiger partial charge in [-0.15, -0.1) is 0 Å². The molecule has 1 N–H and O–H groups in total. The summed E-state index contributed by atoms with van der Waals surface area (Å²) in [4.78, 5) is 22.6. The fourth-order valence-electron chi connectivity index (χ4n) is 2.05. The van der Waals surface area contributed by atoms with Gasteiger partial charge in [0.1, 0.15) is 11.3 Å². The molecule has 7 heteroatoms. The van der Waals surface area contributed by atoms with Crippen molar-refractivity contribution < 1.29 is 14.1 Å². The van der Waals surface area contributed by atoms with Gasteiger partial charge in [0.05, 0.1) is 4.92 Å². The zero-order valence-corrected chi connectivity index (χ0v) is 11.8. The number of anilines is 1. The minimum Gasteiger partial charge on any atom is -0.451 e. The standard InChI is InChI=1S/C15H9ClN2O4/c16-10-5-6-13-9(7-10)8-14(22-13)15(19)17-11-3-1-2-4-12(11)18(20)21/h1-8H,(H,17,19). The van der Waals surface area contributed by atoms with E-state index in [0.717, 1.165) is 0 Å². The molecule has 0 radical (unpaired) electrons. The number of hydrogen-bond acceptors (Lipinski definition) is 4. The summed E-state index contributed by atoms with van der Waals surface area (Å²) >= 11 is 5.88. The van der Waals surface area contributed by atoms with Crippen molar-refractivity contribution in [2.24, 2.45) is 0 Å². The maximum Gasteiger partial charge on any atom is 0.292 e. The molecule has 0 atom stereocenters. The molecule has 0 aliphatic carbocycles. The van der Waals surface area contributed by atoms with Crippen LogP contribution in [0.5, 0.6) is 0 Å². The topological polar surface area (TPSA) is 85.4 Å². The number of para-hydroxylation sites is 2. The van der Waals surface area contributed by atoms with Crippen LogP contribution in [0.15, 0.2) is 52.9 Å². The van der Waals surface area contributed by atoms with E-state index in [-0.39, 0.29) is 17.1 Å². The van der Waals surface area contributed by atoms with E-state index in [2.05, 4.69) is 5.32 Å². The van der Waals surface area contributed by atoms with E-state index in [0.29, 0.717) is 16.0 Å². The van der Waals surface area contributed by atoms with E-state index in [9.17, 15) is 14.9 Å². The van der Waals surface area contributed by atoms with Gasteiger partial charge in [0, 0.05) is 16.5 Å². The monoisotopic (exact) mass is 316 g/mol. The molecule has 0 spiro atoms. The van der Waals surface area contributed by atoms with Crippen molar-refractivity contribution in [2.75, 3.05) is 5.32 Å². The Labute approximate surface area is 129 Å². The Morgan fingerprint density at radius 2 is 1.95 bits per heavy atom. The predicted octanol–water partition coefficient (Wildman–Crippen LogP) is 4.25. The Kier molecular flexibility index (Phi) is 3.52. The Morgan fingerprint density at radius 1 is 1.18 bits per heavy atom. The van der Waals surface area contributed by atoms with E-state index in [1.165, 1.54) is 24.3 Å². The number of fused-ring (bicyclic) bond motifs is 1. The molecule has 0 saturated carbocycles. The molecular weight excluding hydrogens is 308 g/mol. The van der Waals surface area contributed by atoms with E-state index in [4.69, 9.17) is 16.0 Å². The molecular formula is C15H9ClN2O4. The van der Waals surface area contributed by atoms with Gasteiger partial charge in [0.2, 0.25) is 0 Å². The molecule has 110 valence electrons. The number of furan rings is 1. The highest BCUT2D eigenvalue weighted by Gasteiger charge is 2.18. The van der Waals surface area contributed by atoms with E-state index in [1.54, 1.807) is 24.3 Å².